The summed E-state index contributed by atoms with van der Waals surface area (Å²) in [6, 6.07) is 0. The Morgan fingerprint density at radius 1 is 0.450 bits per heavy atom. The van der Waals surface area contributed by atoms with Gasteiger partial charge in [-0.25, -0.2) is 0 Å². The lowest BCUT2D eigenvalue weighted by molar-refractivity contribution is 0.306. The molecule has 0 aliphatic carbocycles. The van der Waals surface area contributed by atoms with E-state index in [1.165, 1.54) is 0 Å². The average molecular weight is 345 g/mol. The Morgan fingerprint density at radius 3 is 0.800 bits per heavy atom. The summed E-state index contributed by atoms with van der Waals surface area (Å²) in [6.45, 7) is 7.93. The molecular formula is C12H24O4Si4. The summed E-state index contributed by atoms with van der Waals surface area (Å²) in [5.74, 6) is 0. The summed E-state index contributed by atoms with van der Waals surface area (Å²) in [6.07, 6.45) is 7.95. The SMILES string of the molecule is C/C=C\[SiH]1O[SiH](/C=C\C)O[SiH](/C=C/C)O[SiH](/C=C/C)O1. The molecule has 1 aliphatic heterocycles. The van der Waals surface area contributed by atoms with Crippen LogP contribution in [-0.4, -0.2) is 37.1 Å². The maximum absolute atomic E-state index is 6.11. The van der Waals surface area contributed by atoms with Crippen LogP contribution in [-0.2, 0) is 16.5 Å². The first-order valence-corrected chi connectivity index (χ1v) is 13.3. The highest BCUT2D eigenvalue weighted by atomic mass is 28.5. The molecule has 20 heavy (non-hydrogen) atoms. The molecule has 1 heterocycles. The molecule has 1 fully saturated rings. The highest BCUT2D eigenvalue weighted by Crippen LogP contribution is 2.11. The van der Waals surface area contributed by atoms with E-state index in [0.717, 1.165) is 0 Å². The topological polar surface area (TPSA) is 36.9 Å². The minimum Gasteiger partial charge on any atom is -0.414 e. The third-order valence-corrected chi connectivity index (χ3v) is 13.9. The molecule has 0 N–H and O–H groups in total. The van der Waals surface area contributed by atoms with Crippen LogP contribution in [0.15, 0.2) is 47.1 Å². The monoisotopic (exact) mass is 344 g/mol. The van der Waals surface area contributed by atoms with Crippen molar-refractivity contribution in [2.45, 2.75) is 27.7 Å². The van der Waals surface area contributed by atoms with Gasteiger partial charge >= 0.3 is 37.1 Å². The van der Waals surface area contributed by atoms with Crippen LogP contribution in [0.5, 0.6) is 0 Å². The first kappa shape index (κ1) is 17.7. The molecule has 4 unspecified atom stereocenters. The van der Waals surface area contributed by atoms with Gasteiger partial charge in [0.15, 0.2) is 0 Å². The van der Waals surface area contributed by atoms with Crippen LogP contribution >= 0.6 is 0 Å². The summed E-state index contributed by atoms with van der Waals surface area (Å²) >= 11 is 0. The lowest BCUT2D eigenvalue weighted by Crippen LogP contribution is -2.46. The van der Waals surface area contributed by atoms with Crippen molar-refractivity contribution in [3.05, 3.63) is 47.1 Å². The molecule has 112 valence electrons. The van der Waals surface area contributed by atoms with Gasteiger partial charge in [0.2, 0.25) is 0 Å². The van der Waals surface area contributed by atoms with Gasteiger partial charge in [-0.1, -0.05) is 47.1 Å². The van der Waals surface area contributed by atoms with Gasteiger partial charge in [0.05, 0.1) is 0 Å². The van der Waals surface area contributed by atoms with Crippen molar-refractivity contribution >= 4 is 37.1 Å². The molecule has 0 saturated carbocycles. The van der Waals surface area contributed by atoms with E-state index in [0.29, 0.717) is 0 Å². The second-order valence-electron chi connectivity index (χ2n) is 4.12. The highest BCUT2D eigenvalue weighted by Gasteiger charge is 2.30. The zero-order valence-electron chi connectivity index (χ0n) is 12.6. The maximum atomic E-state index is 6.11. The van der Waals surface area contributed by atoms with Crippen LogP contribution in [0.1, 0.15) is 27.7 Å². The molecule has 1 rings (SSSR count). The number of allylic oxidation sites excluding steroid dienone is 4. The smallest absolute Gasteiger partial charge is 0.330 e. The molecule has 1 aliphatic rings. The Kier molecular flexibility index (Phi) is 9.22. The molecule has 4 nitrogen and oxygen atoms in total. The Bertz CT molecular complexity index is 304. The zero-order chi connectivity index (χ0) is 14.8. The lowest BCUT2D eigenvalue weighted by atomic mass is 10.8. The van der Waals surface area contributed by atoms with Gasteiger partial charge in [0.25, 0.3) is 0 Å². The summed E-state index contributed by atoms with van der Waals surface area (Å²) < 4.78 is 24.4. The number of hydrogen-bond donors (Lipinski definition) is 0. The second kappa shape index (κ2) is 10.4. The normalized spacial score (nSPS) is 33.4. The van der Waals surface area contributed by atoms with Crippen LogP contribution in [0.4, 0.5) is 0 Å². The van der Waals surface area contributed by atoms with Crippen molar-refractivity contribution in [1.82, 2.24) is 0 Å². The lowest BCUT2D eigenvalue weighted by Gasteiger charge is -2.30. The van der Waals surface area contributed by atoms with Crippen molar-refractivity contribution < 1.29 is 16.5 Å². The van der Waals surface area contributed by atoms with Crippen LogP contribution in [0.3, 0.4) is 0 Å². The van der Waals surface area contributed by atoms with Crippen LogP contribution in [0, 0.1) is 0 Å². The minimum atomic E-state index is -1.84. The summed E-state index contributed by atoms with van der Waals surface area (Å²) in [5.41, 5.74) is 8.16. The third-order valence-electron chi connectivity index (χ3n) is 2.47. The molecule has 1 saturated heterocycles. The predicted molar refractivity (Wildman–Crippen MR) is 92.2 cm³/mol. The Labute approximate surface area is 128 Å². The zero-order valence-corrected chi connectivity index (χ0v) is 17.2. The molecule has 0 aromatic rings. The van der Waals surface area contributed by atoms with E-state index in [1.807, 2.05) is 74.8 Å². The molecule has 0 aromatic carbocycles. The van der Waals surface area contributed by atoms with E-state index in [9.17, 15) is 0 Å². The van der Waals surface area contributed by atoms with E-state index >= 15 is 0 Å². The molecular weight excluding hydrogens is 320 g/mol. The van der Waals surface area contributed by atoms with Crippen molar-refractivity contribution in [2.24, 2.45) is 0 Å². The Hall–Kier alpha value is -0.332. The van der Waals surface area contributed by atoms with Crippen molar-refractivity contribution in [1.29, 1.82) is 0 Å². The fraction of sp³-hybridized carbons (Fsp3) is 0.333. The molecule has 0 amide bonds. The standard InChI is InChI=1S/C12H24O4Si4/c1-5-9-17-13-18(10-6-2)15-20(12-8-4)16-19(14-17)11-7-3/h5-12,17-20H,1-4H3/b9-5-,10-6-,11-7+,12-8+. The maximum Gasteiger partial charge on any atom is 0.330 e. The Balaban J connectivity index is 2.89. The molecule has 8 heteroatoms. The first-order chi connectivity index (χ1) is 9.73. The minimum absolute atomic E-state index is 1.84. The van der Waals surface area contributed by atoms with Gasteiger partial charge in [-0.2, -0.15) is 0 Å². The molecule has 4 atom stereocenters. The fourth-order valence-electron chi connectivity index (χ4n) is 1.65. The van der Waals surface area contributed by atoms with E-state index in [4.69, 9.17) is 16.5 Å². The third kappa shape index (κ3) is 6.41. The fourth-order valence-corrected chi connectivity index (χ4v) is 13.4. The first-order valence-electron chi connectivity index (χ1n) is 6.86. The van der Waals surface area contributed by atoms with Crippen molar-refractivity contribution in [3.8, 4) is 0 Å². The van der Waals surface area contributed by atoms with Crippen LogP contribution in [0.25, 0.3) is 0 Å². The summed E-state index contributed by atoms with van der Waals surface area (Å²) in [5, 5.41) is 0. The van der Waals surface area contributed by atoms with Gasteiger partial charge < -0.3 is 16.5 Å². The van der Waals surface area contributed by atoms with Gasteiger partial charge in [-0.3, -0.25) is 0 Å². The van der Waals surface area contributed by atoms with E-state index in [-0.39, 0.29) is 0 Å². The van der Waals surface area contributed by atoms with Gasteiger partial charge in [-0.15, -0.1) is 0 Å². The van der Waals surface area contributed by atoms with Crippen molar-refractivity contribution in [3.63, 3.8) is 0 Å². The quantitative estimate of drug-likeness (QED) is 0.723. The van der Waals surface area contributed by atoms with E-state index < -0.39 is 37.1 Å². The number of hydrogen-bond acceptors (Lipinski definition) is 4. The average Bonchev–Trinajstić information content (AvgIpc) is 2.37. The van der Waals surface area contributed by atoms with E-state index in [1.54, 1.807) is 0 Å². The van der Waals surface area contributed by atoms with Gasteiger partial charge in [0, 0.05) is 0 Å². The second-order valence-corrected chi connectivity index (χ2v) is 13.0. The van der Waals surface area contributed by atoms with Gasteiger partial charge in [0.1, 0.15) is 0 Å². The van der Waals surface area contributed by atoms with Crippen LogP contribution < -0.4 is 0 Å². The predicted octanol–water partition coefficient (Wildman–Crippen LogP) is 1.41. The largest absolute Gasteiger partial charge is 0.414 e. The Morgan fingerprint density at radius 2 is 0.650 bits per heavy atom. The highest BCUT2D eigenvalue weighted by molar-refractivity contribution is 6.79. The van der Waals surface area contributed by atoms with Gasteiger partial charge in [-0.05, 0) is 27.7 Å². The summed E-state index contributed by atoms with van der Waals surface area (Å²) in [4.78, 5) is 0. The van der Waals surface area contributed by atoms with Crippen LogP contribution in [0.2, 0.25) is 0 Å². The molecule has 0 aromatic heterocycles. The van der Waals surface area contributed by atoms with E-state index in [2.05, 4.69) is 0 Å². The van der Waals surface area contributed by atoms with Crippen molar-refractivity contribution in [2.75, 3.05) is 0 Å². The summed E-state index contributed by atoms with van der Waals surface area (Å²) in [7, 11) is -7.35. The molecule has 0 spiro atoms. The number of rotatable bonds is 4. The molecule has 0 bridgehead atoms. The molecule has 0 radical (unpaired) electrons.